The van der Waals surface area contributed by atoms with E-state index in [-0.39, 0.29) is 11.5 Å². The normalized spacial score (nSPS) is 17.1. The van der Waals surface area contributed by atoms with Crippen molar-refractivity contribution >= 4 is 33.5 Å². The van der Waals surface area contributed by atoms with Gasteiger partial charge in [-0.2, -0.15) is 9.61 Å². The lowest BCUT2D eigenvalue weighted by molar-refractivity contribution is -0.112. The van der Waals surface area contributed by atoms with Crippen LogP contribution in [-0.4, -0.2) is 27.6 Å². The van der Waals surface area contributed by atoms with Crippen LogP contribution >= 0.6 is 11.3 Å². The molecule has 6 nitrogen and oxygen atoms in total. The third-order valence-electron chi connectivity index (χ3n) is 3.38. The largest absolute Gasteiger partial charge is 0.311 e. The van der Waals surface area contributed by atoms with Crippen molar-refractivity contribution in [3.63, 3.8) is 0 Å². The summed E-state index contributed by atoms with van der Waals surface area (Å²) in [5.74, 6) is -0.173. The molecule has 1 amide bonds. The monoisotopic (exact) mass is 284 g/mol. The fraction of sp³-hybridized carbons (Fsp3) is 0.0769. The molecular weight excluding hydrogens is 276 g/mol. The number of likely N-dealkylation sites (N-methyl/N-ethyl adjacent to an activating group) is 1. The highest BCUT2D eigenvalue weighted by Crippen LogP contribution is 2.33. The van der Waals surface area contributed by atoms with Gasteiger partial charge < -0.3 is 4.90 Å². The average molecular weight is 284 g/mol. The molecule has 0 spiro atoms. The quantitative estimate of drug-likeness (QED) is 0.585. The van der Waals surface area contributed by atoms with Crippen LogP contribution in [0.2, 0.25) is 0 Å². The summed E-state index contributed by atoms with van der Waals surface area (Å²) >= 11 is 1.19. The number of anilines is 1. The molecule has 1 aliphatic heterocycles. The van der Waals surface area contributed by atoms with Crippen LogP contribution in [0.3, 0.4) is 0 Å². The van der Waals surface area contributed by atoms with Crippen molar-refractivity contribution in [1.82, 2.24) is 14.6 Å². The topological polar surface area (TPSA) is 67.6 Å². The minimum Gasteiger partial charge on any atom is -0.311 e. The minimum absolute atomic E-state index is 0.173. The van der Waals surface area contributed by atoms with E-state index >= 15 is 0 Å². The van der Waals surface area contributed by atoms with Gasteiger partial charge in [0, 0.05) is 12.6 Å². The molecule has 1 aromatic carbocycles. The summed E-state index contributed by atoms with van der Waals surface area (Å²) < 4.78 is 1.61. The molecule has 0 fully saturated rings. The van der Waals surface area contributed by atoms with E-state index in [4.69, 9.17) is 0 Å². The van der Waals surface area contributed by atoms with Gasteiger partial charge in [-0.15, -0.1) is 0 Å². The first-order chi connectivity index (χ1) is 9.68. The molecule has 0 atom stereocenters. The Labute approximate surface area is 116 Å². The Bertz CT molecular complexity index is 972. The number of amides is 1. The zero-order valence-electron chi connectivity index (χ0n) is 10.4. The maximum Gasteiger partial charge on any atom is 0.291 e. The molecule has 0 N–H and O–H groups in total. The lowest BCUT2D eigenvalue weighted by Crippen LogP contribution is -2.30. The van der Waals surface area contributed by atoms with E-state index in [9.17, 15) is 9.59 Å². The first kappa shape index (κ1) is 11.3. The average Bonchev–Trinajstić information content (AvgIpc) is 3.09. The summed E-state index contributed by atoms with van der Waals surface area (Å²) in [5.41, 5.74) is 1.73. The highest BCUT2D eigenvalue weighted by Gasteiger charge is 2.31. The number of aromatic nitrogens is 3. The number of fused-ring (bicyclic) bond motifs is 2. The number of thiazole rings is 1. The molecule has 0 radical (unpaired) electrons. The van der Waals surface area contributed by atoms with Gasteiger partial charge in [-0.1, -0.05) is 29.5 Å². The van der Waals surface area contributed by atoms with Crippen LogP contribution < -0.4 is 15.0 Å². The van der Waals surface area contributed by atoms with Crippen LogP contribution in [0.1, 0.15) is 5.56 Å². The highest BCUT2D eigenvalue weighted by molar-refractivity contribution is 7.15. The third kappa shape index (κ3) is 1.27. The molecule has 0 aliphatic carbocycles. The van der Waals surface area contributed by atoms with Crippen molar-refractivity contribution in [2.75, 3.05) is 11.9 Å². The predicted octanol–water partition coefficient (Wildman–Crippen LogP) is 0.0453. The maximum absolute atomic E-state index is 12.4. The molecule has 0 saturated heterocycles. The fourth-order valence-electron chi connectivity index (χ4n) is 2.42. The zero-order valence-corrected chi connectivity index (χ0v) is 11.2. The molecule has 20 heavy (non-hydrogen) atoms. The van der Waals surface area contributed by atoms with E-state index in [1.54, 1.807) is 11.9 Å². The Morgan fingerprint density at radius 3 is 2.80 bits per heavy atom. The van der Waals surface area contributed by atoms with Gasteiger partial charge >= 0.3 is 0 Å². The maximum atomic E-state index is 12.4. The Morgan fingerprint density at radius 2 is 2.00 bits per heavy atom. The van der Waals surface area contributed by atoms with Crippen LogP contribution in [0.25, 0.3) is 10.5 Å². The van der Waals surface area contributed by atoms with Crippen LogP contribution in [0.5, 0.6) is 0 Å². The van der Waals surface area contributed by atoms with Gasteiger partial charge in [-0.3, -0.25) is 9.59 Å². The van der Waals surface area contributed by atoms with E-state index in [0.717, 1.165) is 11.3 Å². The van der Waals surface area contributed by atoms with Crippen LogP contribution in [0.15, 0.2) is 35.4 Å². The molecule has 98 valence electrons. The van der Waals surface area contributed by atoms with E-state index in [1.807, 2.05) is 24.3 Å². The number of carbonyl (C=O) groups excluding carboxylic acids is 1. The summed E-state index contributed by atoms with van der Waals surface area (Å²) in [5, 5.41) is 3.88. The number of para-hydroxylation sites is 1. The fourth-order valence-corrected chi connectivity index (χ4v) is 3.39. The number of nitrogens with zero attached hydrogens (tertiary/aromatic N) is 4. The second-order valence-electron chi connectivity index (χ2n) is 4.45. The summed E-state index contributed by atoms with van der Waals surface area (Å²) in [7, 11) is 1.70. The van der Waals surface area contributed by atoms with Crippen molar-refractivity contribution < 1.29 is 4.79 Å². The van der Waals surface area contributed by atoms with Crippen molar-refractivity contribution in [2.45, 2.75) is 0 Å². The lowest BCUT2D eigenvalue weighted by Gasteiger charge is -2.07. The molecule has 3 heterocycles. The van der Waals surface area contributed by atoms with Gasteiger partial charge in [0.25, 0.3) is 11.5 Å². The Morgan fingerprint density at radius 1 is 1.20 bits per heavy atom. The second-order valence-corrected chi connectivity index (χ2v) is 5.42. The van der Waals surface area contributed by atoms with Crippen LogP contribution in [0.4, 0.5) is 5.69 Å². The van der Waals surface area contributed by atoms with E-state index < -0.39 is 0 Å². The summed E-state index contributed by atoms with van der Waals surface area (Å²) in [4.78, 5) is 30.8. The smallest absolute Gasteiger partial charge is 0.291 e. The van der Waals surface area contributed by atoms with Gasteiger partial charge in [-0.05, 0) is 6.07 Å². The van der Waals surface area contributed by atoms with Crippen molar-refractivity contribution in [3.05, 3.63) is 51.0 Å². The Hall–Kier alpha value is -2.54. The minimum atomic E-state index is -0.295. The number of rotatable bonds is 0. The highest BCUT2D eigenvalue weighted by atomic mass is 32.1. The van der Waals surface area contributed by atoms with Gasteiger partial charge in [0.15, 0.2) is 0 Å². The van der Waals surface area contributed by atoms with E-state index in [0.29, 0.717) is 15.1 Å². The van der Waals surface area contributed by atoms with Gasteiger partial charge in [0.2, 0.25) is 4.96 Å². The van der Waals surface area contributed by atoms with Crippen molar-refractivity contribution in [1.29, 1.82) is 0 Å². The predicted molar refractivity (Wildman–Crippen MR) is 74.7 cm³/mol. The number of hydrogen-bond acceptors (Lipinski definition) is 5. The van der Waals surface area contributed by atoms with E-state index in [1.165, 1.54) is 22.2 Å². The molecule has 0 bridgehead atoms. The second kappa shape index (κ2) is 3.73. The Balaban J connectivity index is 2.19. The molecule has 0 saturated carbocycles. The lowest BCUT2D eigenvalue weighted by atomic mass is 10.1. The molecule has 0 unspecified atom stereocenters. The van der Waals surface area contributed by atoms with Crippen molar-refractivity contribution in [2.24, 2.45) is 0 Å². The zero-order chi connectivity index (χ0) is 13.9. The molecule has 4 rings (SSSR count). The SMILES string of the molecule is CN1C(=O)C(=c2sc3ncnn3c2=O)c2ccccc21. The van der Waals surface area contributed by atoms with Gasteiger partial charge in [-0.25, -0.2) is 4.98 Å². The van der Waals surface area contributed by atoms with Gasteiger partial charge in [0.05, 0.1) is 11.3 Å². The standard InChI is InChI=1S/C13H8N4O2S/c1-16-8-5-3-2-4-7(8)9(11(16)18)10-12(19)17-13(20-10)14-6-15-17/h2-6H,1H3. The Kier molecular flexibility index (Phi) is 2.11. The first-order valence-corrected chi connectivity index (χ1v) is 6.74. The summed E-state index contributed by atoms with van der Waals surface area (Å²) in [6.07, 6.45) is 1.33. The molecule has 3 aromatic rings. The molecular formula is C13H8N4O2S. The first-order valence-electron chi connectivity index (χ1n) is 5.93. The van der Waals surface area contributed by atoms with Crippen LogP contribution in [-0.2, 0) is 4.79 Å². The number of benzene rings is 1. The summed E-state index contributed by atoms with van der Waals surface area (Å²) in [6.45, 7) is 0. The van der Waals surface area contributed by atoms with Gasteiger partial charge in [0.1, 0.15) is 10.9 Å². The van der Waals surface area contributed by atoms with E-state index in [2.05, 4.69) is 10.1 Å². The molecule has 7 heteroatoms. The molecule has 2 aromatic heterocycles. The van der Waals surface area contributed by atoms with Crippen LogP contribution in [0, 0.1) is 0 Å². The number of carbonyl (C=O) groups is 1. The summed E-state index contributed by atoms with van der Waals surface area (Å²) in [6, 6.07) is 7.43. The molecule has 1 aliphatic rings. The number of hydrogen-bond donors (Lipinski definition) is 0. The van der Waals surface area contributed by atoms with Crippen molar-refractivity contribution in [3.8, 4) is 0 Å². The third-order valence-corrected chi connectivity index (χ3v) is 4.42.